The molecule has 0 bridgehead atoms. The van der Waals surface area contributed by atoms with Crippen LogP contribution in [0.3, 0.4) is 0 Å². The fourth-order valence-electron chi connectivity index (χ4n) is 4.10. The summed E-state index contributed by atoms with van der Waals surface area (Å²) in [6, 6.07) is 30.7. The highest BCUT2D eigenvalue weighted by molar-refractivity contribution is 7.11. The Morgan fingerprint density at radius 2 is 1.28 bits per heavy atom. The van der Waals surface area contributed by atoms with Crippen molar-refractivity contribution >= 4 is 29.5 Å². The minimum Gasteiger partial charge on any atom is -1.00 e. The second-order valence-electron chi connectivity index (χ2n) is 8.37. The van der Waals surface area contributed by atoms with Crippen molar-refractivity contribution in [1.29, 1.82) is 0 Å². The first-order valence-corrected chi connectivity index (χ1v) is 12.4. The van der Waals surface area contributed by atoms with E-state index in [0.717, 1.165) is 5.90 Å². The lowest BCUT2D eigenvalue weighted by Crippen LogP contribution is -3.00. The summed E-state index contributed by atoms with van der Waals surface area (Å²) < 4.78 is 8.53. The van der Waals surface area contributed by atoms with E-state index in [4.69, 9.17) is 4.74 Å². The van der Waals surface area contributed by atoms with Crippen molar-refractivity contribution in [2.75, 3.05) is 13.7 Å². The molecule has 0 radical (unpaired) electrons. The van der Waals surface area contributed by atoms with Gasteiger partial charge < -0.3 is 28.7 Å². The van der Waals surface area contributed by atoms with Gasteiger partial charge in [-0.15, -0.1) is 0 Å². The summed E-state index contributed by atoms with van der Waals surface area (Å²) in [4.78, 5) is 0. The maximum Gasteiger partial charge on any atom is 0.370 e. The number of hydrogen-bond acceptors (Lipinski definition) is 1. The molecule has 0 aliphatic carbocycles. The number of rotatable bonds is 4. The van der Waals surface area contributed by atoms with Crippen LogP contribution in [0.15, 0.2) is 84.9 Å². The van der Waals surface area contributed by atoms with Crippen molar-refractivity contribution in [1.82, 2.24) is 0 Å². The van der Waals surface area contributed by atoms with E-state index in [2.05, 4.69) is 117 Å². The van der Waals surface area contributed by atoms with E-state index >= 15 is 0 Å². The van der Waals surface area contributed by atoms with Crippen LogP contribution in [0.1, 0.15) is 19.4 Å². The molecule has 0 spiro atoms. The molecule has 1 heterocycles. The third-order valence-electron chi connectivity index (χ3n) is 6.17. The second kappa shape index (κ2) is 8.44. The molecule has 0 saturated heterocycles. The van der Waals surface area contributed by atoms with E-state index in [1.165, 1.54) is 21.1 Å². The lowest BCUT2D eigenvalue weighted by Gasteiger charge is -2.30. The zero-order valence-electron chi connectivity index (χ0n) is 17.5. The highest BCUT2D eigenvalue weighted by atomic mass is 127. The van der Waals surface area contributed by atoms with Crippen molar-refractivity contribution in [2.24, 2.45) is 0 Å². The van der Waals surface area contributed by atoms with Crippen molar-refractivity contribution in [3.05, 3.63) is 90.5 Å². The molecule has 0 amide bonds. The third-order valence-corrected chi connectivity index (χ3v) is 10.7. The summed E-state index contributed by atoms with van der Waals surface area (Å²) in [7, 11) is -0.0514. The van der Waals surface area contributed by atoms with E-state index in [9.17, 15) is 0 Å². The topological polar surface area (TPSA) is 12.2 Å². The van der Waals surface area contributed by atoms with Crippen molar-refractivity contribution in [2.45, 2.75) is 25.9 Å². The smallest absolute Gasteiger partial charge is 0.370 e. The van der Waals surface area contributed by atoms with E-state index < -0.39 is 8.07 Å². The van der Waals surface area contributed by atoms with Crippen LogP contribution in [0, 0.1) is 0 Å². The standard InChI is InChI=1S/C25H28NOSi.HI/c1-25(2)19-27-24(26(25)3)22-17-11-12-18-23(22)28(4,20-13-7-5-8-14-20)21-15-9-6-10-16-21;/h5-18H,19H2,1-4H3;1H/q+1;/p-1. The van der Waals surface area contributed by atoms with Crippen LogP contribution in [-0.4, -0.2) is 37.7 Å². The highest BCUT2D eigenvalue weighted by Crippen LogP contribution is 2.20. The number of hydrogen-bond donors (Lipinski definition) is 0. The second-order valence-corrected chi connectivity index (χ2v) is 12.3. The normalized spacial score (nSPS) is 15.6. The van der Waals surface area contributed by atoms with Gasteiger partial charge in [0, 0.05) is 13.8 Å². The van der Waals surface area contributed by atoms with Gasteiger partial charge in [0.05, 0.1) is 5.56 Å². The molecule has 29 heavy (non-hydrogen) atoms. The van der Waals surface area contributed by atoms with E-state index in [0.29, 0.717) is 6.61 Å². The predicted molar refractivity (Wildman–Crippen MR) is 120 cm³/mol. The average molecular weight is 513 g/mol. The Balaban J connectivity index is 0.00000240. The molecule has 1 aliphatic heterocycles. The van der Waals surface area contributed by atoms with Crippen LogP contribution in [0.5, 0.6) is 0 Å². The molecule has 0 aromatic heterocycles. The van der Waals surface area contributed by atoms with Gasteiger partial charge in [-0.2, -0.15) is 4.58 Å². The van der Waals surface area contributed by atoms with Gasteiger partial charge in [-0.25, -0.2) is 0 Å². The van der Waals surface area contributed by atoms with Gasteiger partial charge in [-0.1, -0.05) is 85.4 Å². The molecule has 3 aromatic rings. The average Bonchev–Trinajstić information content (AvgIpc) is 3.01. The van der Waals surface area contributed by atoms with Crippen molar-refractivity contribution in [3.63, 3.8) is 0 Å². The minimum absolute atomic E-state index is 0. The van der Waals surface area contributed by atoms with Gasteiger partial charge >= 0.3 is 5.90 Å². The molecule has 2 nitrogen and oxygen atoms in total. The number of likely N-dealkylation sites (N-methyl/N-ethyl adjacent to an activating group) is 1. The Labute approximate surface area is 192 Å². The van der Waals surface area contributed by atoms with Crippen LogP contribution in [-0.2, 0) is 4.74 Å². The summed E-state index contributed by atoms with van der Waals surface area (Å²) >= 11 is 0. The summed E-state index contributed by atoms with van der Waals surface area (Å²) in [6.07, 6.45) is 0. The van der Waals surface area contributed by atoms with Gasteiger partial charge in [-0.3, -0.25) is 0 Å². The van der Waals surface area contributed by atoms with Crippen LogP contribution in [0.2, 0.25) is 6.55 Å². The molecule has 0 fully saturated rings. The van der Waals surface area contributed by atoms with Crippen molar-refractivity contribution in [3.8, 4) is 0 Å². The number of benzene rings is 3. The predicted octanol–water partition coefficient (Wildman–Crippen LogP) is -0.0117. The van der Waals surface area contributed by atoms with Crippen LogP contribution >= 0.6 is 0 Å². The Hall–Kier alpha value is -1.92. The Bertz CT molecular complexity index is 976. The van der Waals surface area contributed by atoms with Gasteiger partial charge in [0.25, 0.3) is 0 Å². The molecular weight excluding hydrogens is 485 g/mol. The summed E-state index contributed by atoms with van der Waals surface area (Å²) in [5.74, 6) is 0.992. The Morgan fingerprint density at radius 3 is 1.76 bits per heavy atom. The van der Waals surface area contributed by atoms with Gasteiger partial charge in [0.15, 0.2) is 12.1 Å². The maximum atomic E-state index is 6.24. The molecule has 0 unspecified atom stereocenters. The van der Waals surface area contributed by atoms with Crippen LogP contribution in [0.25, 0.3) is 0 Å². The lowest BCUT2D eigenvalue weighted by atomic mass is 10.1. The fraction of sp³-hybridized carbons (Fsp3) is 0.240. The number of halogens is 1. The maximum absolute atomic E-state index is 6.24. The zero-order chi connectivity index (χ0) is 19.8. The monoisotopic (exact) mass is 513 g/mol. The molecule has 0 atom stereocenters. The quantitative estimate of drug-likeness (QED) is 0.207. The first-order chi connectivity index (χ1) is 13.4. The SMILES string of the molecule is C[N+]1=C(c2ccccc2[Si](C)(c2ccccc2)c2ccccc2)OCC1(C)C.[I-]. The van der Waals surface area contributed by atoms with E-state index in [-0.39, 0.29) is 29.5 Å². The van der Waals surface area contributed by atoms with E-state index in [1.54, 1.807) is 0 Å². The molecule has 3 aromatic carbocycles. The van der Waals surface area contributed by atoms with Crippen molar-refractivity contribution < 1.29 is 33.3 Å². The Kier molecular flexibility index (Phi) is 6.34. The first kappa shape index (κ1) is 21.8. The summed E-state index contributed by atoms with van der Waals surface area (Å²) in [5, 5.41) is 4.22. The number of ether oxygens (including phenoxy) is 1. The lowest BCUT2D eigenvalue weighted by molar-refractivity contribution is -0.562. The molecule has 1 aliphatic rings. The van der Waals surface area contributed by atoms with Gasteiger partial charge in [0.2, 0.25) is 0 Å². The van der Waals surface area contributed by atoms with E-state index in [1.807, 2.05) is 0 Å². The minimum atomic E-state index is -2.19. The fourth-order valence-corrected chi connectivity index (χ4v) is 7.93. The zero-order valence-corrected chi connectivity index (χ0v) is 20.7. The van der Waals surface area contributed by atoms with Crippen LogP contribution in [0.4, 0.5) is 0 Å². The summed E-state index contributed by atoms with van der Waals surface area (Å²) in [5.41, 5.74) is 1.22. The molecular formula is C25H28INOSi. The largest absolute Gasteiger partial charge is 1.00 e. The molecule has 0 saturated carbocycles. The Morgan fingerprint density at radius 1 is 0.793 bits per heavy atom. The summed E-state index contributed by atoms with van der Waals surface area (Å²) in [6.45, 7) is 7.63. The van der Waals surface area contributed by atoms with Gasteiger partial charge in [0.1, 0.15) is 15.1 Å². The first-order valence-electron chi connectivity index (χ1n) is 9.89. The van der Waals surface area contributed by atoms with Gasteiger partial charge in [-0.05, 0) is 21.6 Å². The van der Waals surface area contributed by atoms with Crippen LogP contribution < -0.4 is 39.5 Å². The highest BCUT2D eigenvalue weighted by Gasteiger charge is 2.44. The third kappa shape index (κ3) is 3.80. The number of nitrogens with zero attached hydrogens (tertiary/aromatic N) is 1. The molecule has 4 rings (SSSR count). The molecule has 4 heteroatoms. The molecule has 150 valence electrons. The molecule has 0 N–H and O–H groups in total.